The van der Waals surface area contributed by atoms with Crippen LogP contribution in [0, 0.1) is 5.92 Å². The summed E-state index contributed by atoms with van der Waals surface area (Å²) in [6.07, 6.45) is 2.35. The van der Waals surface area contributed by atoms with Gasteiger partial charge in [-0.3, -0.25) is 5.10 Å². The zero-order valence-electron chi connectivity index (χ0n) is 9.53. The maximum atomic E-state index is 11.9. The number of aromatic amines is 1. The third-order valence-corrected chi connectivity index (χ3v) is 3.92. The first-order chi connectivity index (χ1) is 7.51. The van der Waals surface area contributed by atoms with Crippen molar-refractivity contribution in [3.05, 3.63) is 11.8 Å². The molecule has 1 rings (SSSR count). The lowest BCUT2D eigenvalue weighted by atomic mass is 10.1. The predicted molar refractivity (Wildman–Crippen MR) is 61.1 cm³/mol. The van der Waals surface area contributed by atoms with E-state index in [1.807, 2.05) is 13.8 Å². The van der Waals surface area contributed by atoms with Crippen molar-refractivity contribution in [2.45, 2.75) is 31.8 Å². The monoisotopic (exact) mass is 246 g/mol. The number of aromatic nitrogens is 2. The van der Waals surface area contributed by atoms with Crippen molar-refractivity contribution in [2.75, 3.05) is 6.54 Å². The van der Waals surface area contributed by atoms with E-state index in [4.69, 9.17) is 5.73 Å². The number of sulfonamides is 1. The Morgan fingerprint density at radius 2 is 2.31 bits per heavy atom. The summed E-state index contributed by atoms with van der Waals surface area (Å²) >= 11 is 0. The highest BCUT2D eigenvalue weighted by atomic mass is 32.2. The summed E-state index contributed by atoms with van der Waals surface area (Å²) in [5.41, 5.74) is 5.92. The van der Waals surface area contributed by atoms with E-state index >= 15 is 0 Å². The van der Waals surface area contributed by atoms with Crippen LogP contribution in [0.2, 0.25) is 0 Å². The van der Waals surface area contributed by atoms with Gasteiger partial charge in [-0.15, -0.1) is 0 Å². The molecule has 92 valence electrons. The van der Waals surface area contributed by atoms with Gasteiger partial charge in [0.2, 0.25) is 0 Å². The normalized spacial score (nSPS) is 13.9. The van der Waals surface area contributed by atoms with Crippen LogP contribution in [0.25, 0.3) is 0 Å². The van der Waals surface area contributed by atoms with Crippen LogP contribution in [0.1, 0.15) is 25.8 Å². The molecule has 4 N–H and O–H groups in total. The van der Waals surface area contributed by atoms with Crippen LogP contribution in [0.15, 0.2) is 11.2 Å². The number of nitrogens with one attached hydrogen (secondary N) is 2. The van der Waals surface area contributed by atoms with Crippen LogP contribution in [0.4, 0.5) is 0 Å². The Hall–Kier alpha value is -0.920. The van der Waals surface area contributed by atoms with Crippen molar-refractivity contribution in [3.8, 4) is 0 Å². The number of nitrogens with two attached hydrogens (primary N) is 1. The second-order valence-corrected chi connectivity index (χ2v) is 5.50. The van der Waals surface area contributed by atoms with Crippen LogP contribution in [-0.2, 0) is 16.6 Å². The summed E-state index contributed by atoms with van der Waals surface area (Å²) in [6, 6.07) is 0. The molecule has 0 bridgehead atoms. The summed E-state index contributed by atoms with van der Waals surface area (Å²) < 4.78 is 26.2. The highest BCUT2D eigenvalue weighted by molar-refractivity contribution is 7.89. The smallest absolute Gasteiger partial charge is 0.257 e. The third kappa shape index (κ3) is 3.03. The lowest BCUT2D eigenvalue weighted by Crippen LogP contribution is -2.29. The molecule has 0 amide bonds. The maximum absolute atomic E-state index is 11.9. The third-order valence-electron chi connectivity index (χ3n) is 2.49. The van der Waals surface area contributed by atoms with E-state index in [9.17, 15) is 8.42 Å². The van der Waals surface area contributed by atoms with Crippen molar-refractivity contribution in [1.29, 1.82) is 0 Å². The van der Waals surface area contributed by atoms with Gasteiger partial charge < -0.3 is 5.73 Å². The topological polar surface area (TPSA) is 101 Å². The van der Waals surface area contributed by atoms with E-state index in [0.29, 0.717) is 18.0 Å². The van der Waals surface area contributed by atoms with Crippen molar-refractivity contribution in [1.82, 2.24) is 14.9 Å². The van der Waals surface area contributed by atoms with Gasteiger partial charge in [-0.2, -0.15) is 5.10 Å². The van der Waals surface area contributed by atoms with Crippen molar-refractivity contribution >= 4 is 10.0 Å². The van der Waals surface area contributed by atoms with Gasteiger partial charge in [-0.25, -0.2) is 13.1 Å². The molecule has 0 aliphatic rings. The fourth-order valence-corrected chi connectivity index (χ4v) is 2.45. The Labute approximate surface area is 95.7 Å². The van der Waals surface area contributed by atoms with Gasteiger partial charge in [0.05, 0.1) is 6.20 Å². The van der Waals surface area contributed by atoms with Gasteiger partial charge in [0, 0.05) is 18.7 Å². The van der Waals surface area contributed by atoms with Crippen molar-refractivity contribution in [3.63, 3.8) is 0 Å². The molecule has 0 aliphatic heterocycles. The predicted octanol–water partition coefficient (Wildman–Crippen LogP) is 0.193. The van der Waals surface area contributed by atoms with E-state index in [-0.39, 0.29) is 11.6 Å². The zero-order chi connectivity index (χ0) is 12.2. The van der Waals surface area contributed by atoms with E-state index in [1.54, 1.807) is 0 Å². The Kier molecular flexibility index (Phi) is 4.45. The van der Waals surface area contributed by atoms with Crippen LogP contribution in [0.5, 0.6) is 0 Å². The molecule has 1 heterocycles. The lowest BCUT2D eigenvalue weighted by molar-refractivity contribution is 0.526. The molecule has 1 aromatic heterocycles. The summed E-state index contributed by atoms with van der Waals surface area (Å²) in [5, 5.41) is 6.21. The minimum atomic E-state index is -3.51. The number of H-pyrrole nitrogens is 1. The largest absolute Gasteiger partial charge is 0.326 e. The zero-order valence-corrected chi connectivity index (χ0v) is 10.3. The Morgan fingerprint density at radius 3 is 2.88 bits per heavy atom. The van der Waals surface area contributed by atoms with Gasteiger partial charge in [-0.1, -0.05) is 20.3 Å². The first-order valence-corrected chi connectivity index (χ1v) is 6.71. The Balaban J connectivity index is 2.78. The number of hydrogen-bond donors (Lipinski definition) is 3. The second kappa shape index (κ2) is 5.42. The molecular formula is C9H18N4O2S. The van der Waals surface area contributed by atoms with Crippen molar-refractivity contribution in [2.24, 2.45) is 11.7 Å². The molecule has 0 aliphatic carbocycles. The van der Waals surface area contributed by atoms with Gasteiger partial charge in [0.1, 0.15) is 0 Å². The number of nitrogens with zero attached hydrogens (tertiary/aromatic N) is 1. The molecule has 0 radical (unpaired) electrons. The lowest BCUT2D eigenvalue weighted by Gasteiger charge is -2.10. The Morgan fingerprint density at radius 1 is 1.62 bits per heavy atom. The SMILES string of the molecule is CCC(C)CNS(=O)(=O)c1[nH]ncc1CN. The van der Waals surface area contributed by atoms with Crippen molar-refractivity contribution < 1.29 is 8.42 Å². The molecule has 1 atom stereocenters. The maximum Gasteiger partial charge on any atom is 0.257 e. The van der Waals surface area contributed by atoms with Crippen LogP contribution >= 0.6 is 0 Å². The van der Waals surface area contributed by atoms with E-state index < -0.39 is 10.0 Å². The van der Waals surface area contributed by atoms with Crippen LogP contribution in [-0.4, -0.2) is 25.2 Å². The van der Waals surface area contributed by atoms with Gasteiger partial charge in [-0.05, 0) is 5.92 Å². The molecule has 0 saturated carbocycles. The molecule has 7 heteroatoms. The fourth-order valence-electron chi connectivity index (χ4n) is 1.15. The van der Waals surface area contributed by atoms with Gasteiger partial charge >= 0.3 is 0 Å². The summed E-state index contributed by atoms with van der Waals surface area (Å²) in [4.78, 5) is 0. The minimum Gasteiger partial charge on any atom is -0.326 e. The first-order valence-electron chi connectivity index (χ1n) is 5.23. The highest BCUT2D eigenvalue weighted by Gasteiger charge is 2.20. The number of rotatable bonds is 6. The first kappa shape index (κ1) is 13.1. The average Bonchev–Trinajstić information content (AvgIpc) is 2.74. The molecule has 0 aromatic carbocycles. The molecule has 0 saturated heterocycles. The quantitative estimate of drug-likeness (QED) is 0.667. The van der Waals surface area contributed by atoms with E-state index in [0.717, 1.165) is 6.42 Å². The molecule has 0 spiro atoms. The second-order valence-electron chi connectivity index (χ2n) is 3.79. The fraction of sp³-hybridized carbons (Fsp3) is 0.667. The standard InChI is InChI=1S/C9H18N4O2S/c1-3-7(2)5-12-16(14,15)9-8(4-10)6-11-13-9/h6-7,12H,3-5,10H2,1-2H3,(H,11,13). The van der Waals surface area contributed by atoms with Crippen LogP contribution in [0.3, 0.4) is 0 Å². The number of hydrogen-bond acceptors (Lipinski definition) is 4. The molecule has 16 heavy (non-hydrogen) atoms. The summed E-state index contributed by atoms with van der Waals surface area (Å²) in [7, 11) is -3.51. The summed E-state index contributed by atoms with van der Waals surface area (Å²) in [6.45, 7) is 4.57. The molecular weight excluding hydrogens is 228 g/mol. The molecule has 1 aromatic rings. The van der Waals surface area contributed by atoms with Gasteiger partial charge in [0.15, 0.2) is 5.03 Å². The molecule has 0 fully saturated rings. The average molecular weight is 246 g/mol. The van der Waals surface area contributed by atoms with E-state index in [2.05, 4.69) is 14.9 Å². The highest BCUT2D eigenvalue weighted by Crippen LogP contribution is 2.11. The Bertz CT molecular complexity index is 426. The molecule has 6 nitrogen and oxygen atoms in total. The van der Waals surface area contributed by atoms with Gasteiger partial charge in [0.25, 0.3) is 10.0 Å². The minimum absolute atomic E-state index is 0.0679. The molecule has 1 unspecified atom stereocenters. The van der Waals surface area contributed by atoms with Crippen LogP contribution < -0.4 is 10.5 Å². The van der Waals surface area contributed by atoms with E-state index in [1.165, 1.54) is 6.20 Å². The summed E-state index contributed by atoms with van der Waals surface area (Å²) in [5.74, 6) is 0.305.